The maximum atomic E-state index is 13.2. The van der Waals surface area contributed by atoms with Gasteiger partial charge in [-0.1, -0.05) is 60.7 Å². The minimum absolute atomic E-state index is 0.245. The number of carbonyl (C=O) groups excluding carboxylic acids is 1. The quantitative estimate of drug-likeness (QED) is 0.420. The zero-order chi connectivity index (χ0) is 23.5. The number of carbonyl (C=O) groups is 1. The molecule has 7 heteroatoms. The van der Waals surface area contributed by atoms with Crippen molar-refractivity contribution in [1.82, 2.24) is 9.78 Å². The van der Waals surface area contributed by atoms with Crippen LogP contribution in [0.5, 0.6) is 11.5 Å². The molecule has 34 heavy (non-hydrogen) atoms. The number of anilines is 2. The van der Waals surface area contributed by atoms with Crippen LogP contribution in [-0.2, 0) is 0 Å². The number of amides is 1. The lowest BCUT2D eigenvalue weighted by molar-refractivity contribution is 0.102. The largest absolute Gasteiger partial charge is 0.493 e. The Hall–Kier alpha value is -4.52. The first-order valence-corrected chi connectivity index (χ1v) is 10.9. The lowest BCUT2D eigenvalue weighted by Crippen LogP contribution is -2.22. The fraction of sp³-hybridized carbons (Fsp3) is 0.111. The van der Waals surface area contributed by atoms with E-state index in [4.69, 9.17) is 9.47 Å². The van der Waals surface area contributed by atoms with Crippen molar-refractivity contribution in [2.45, 2.75) is 6.04 Å². The molecule has 1 aliphatic rings. The predicted molar refractivity (Wildman–Crippen MR) is 132 cm³/mol. The number of fused-ring (bicyclic) bond motifs is 1. The summed E-state index contributed by atoms with van der Waals surface area (Å²) >= 11 is 0. The zero-order valence-electron chi connectivity index (χ0n) is 18.9. The molecule has 0 aliphatic carbocycles. The number of para-hydroxylation sites is 2. The Balaban J connectivity index is 1.62. The summed E-state index contributed by atoms with van der Waals surface area (Å²) < 4.78 is 13.0. The standard InChI is InChI=1S/C27H24N4O3/c1-33-24-15-9-14-20(25(24)34-2)23-16-22(18-10-5-3-6-11-18)30-26-21(17-28-31(23)26)27(32)29-19-12-7-4-8-13-19/h3-17,23,30H,1-2H3,(H,29,32)/t23-/m0/s1. The number of rotatable bonds is 6. The van der Waals surface area contributed by atoms with Gasteiger partial charge < -0.3 is 20.1 Å². The van der Waals surface area contributed by atoms with Crippen LogP contribution in [0.3, 0.4) is 0 Å². The maximum absolute atomic E-state index is 13.2. The highest BCUT2D eigenvalue weighted by atomic mass is 16.5. The molecule has 5 rings (SSSR count). The van der Waals surface area contributed by atoms with Crippen LogP contribution in [0.25, 0.3) is 5.70 Å². The van der Waals surface area contributed by atoms with Crippen molar-refractivity contribution in [2.75, 3.05) is 24.9 Å². The number of allylic oxidation sites excluding steroid dienone is 1. The first-order chi connectivity index (χ1) is 16.7. The van der Waals surface area contributed by atoms with Gasteiger partial charge in [-0.3, -0.25) is 4.79 Å². The maximum Gasteiger partial charge on any atom is 0.261 e. The molecule has 0 radical (unpaired) electrons. The molecular formula is C27H24N4O3. The minimum atomic E-state index is -0.324. The molecule has 2 heterocycles. The number of methoxy groups -OCH3 is 2. The van der Waals surface area contributed by atoms with Crippen LogP contribution in [0.1, 0.15) is 27.5 Å². The van der Waals surface area contributed by atoms with E-state index in [-0.39, 0.29) is 11.9 Å². The molecule has 1 atom stereocenters. The summed E-state index contributed by atoms with van der Waals surface area (Å²) in [6.07, 6.45) is 3.66. The molecular weight excluding hydrogens is 428 g/mol. The average Bonchev–Trinajstić information content (AvgIpc) is 3.33. The molecule has 1 aliphatic heterocycles. The number of ether oxygens (including phenoxy) is 2. The highest BCUT2D eigenvalue weighted by Crippen LogP contribution is 2.41. The van der Waals surface area contributed by atoms with Gasteiger partial charge in [0.1, 0.15) is 17.4 Å². The Morgan fingerprint density at radius 1 is 0.941 bits per heavy atom. The van der Waals surface area contributed by atoms with Gasteiger partial charge in [-0.25, -0.2) is 4.68 Å². The van der Waals surface area contributed by atoms with Crippen LogP contribution in [-0.4, -0.2) is 29.9 Å². The highest BCUT2D eigenvalue weighted by Gasteiger charge is 2.30. The van der Waals surface area contributed by atoms with Crippen molar-refractivity contribution in [2.24, 2.45) is 0 Å². The second kappa shape index (κ2) is 9.15. The van der Waals surface area contributed by atoms with Crippen LogP contribution in [0.2, 0.25) is 0 Å². The topological polar surface area (TPSA) is 77.4 Å². The second-order valence-corrected chi connectivity index (χ2v) is 7.77. The van der Waals surface area contributed by atoms with Crippen molar-refractivity contribution >= 4 is 23.1 Å². The van der Waals surface area contributed by atoms with Crippen LogP contribution in [0.4, 0.5) is 11.5 Å². The van der Waals surface area contributed by atoms with E-state index in [0.717, 1.165) is 16.8 Å². The van der Waals surface area contributed by atoms with Crippen molar-refractivity contribution in [3.05, 3.63) is 108 Å². The van der Waals surface area contributed by atoms with Crippen LogP contribution in [0.15, 0.2) is 91.1 Å². The van der Waals surface area contributed by atoms with Crippen LogP contribution >= 0.6 is 0 Å². The third kappa shape index (κ3) is 3.88. The van der Waals surface area contributed by atoms with Gasteiger partial charge in [0.2, 0.25) is 0 Å². The molecule has 0 spiro atoms. The fourth-order valence-electron chi connectivity index (χ4n) is 4.13. The SMILES string of the molecule is COc1cccc([C@@H]2C=C(c3ccccc3)Nc3c(C(=O)Nc4ccccc4)cnn32)c1OC. The third-order valence-corrected chi connectivity index (χ3v) is 5.75. The molecule has 0 saturated carbocycles. The molecule has 1 amide bonds. The van der Waals surface area contributed by atoms with Crippen molar-refractivity contribution in [3.63, 3.8) is 0 Å². The number of nitrogens with one attached hydrogen (secondary N) is 2. The molecule has 7 nitrogen and oxygen atoms in total. The summed E-state index contributed by atoms with van der Waals surface area (Å²) in [5.74, 6) is 1.61. The van der Waals surface area contributed by atoms with E-state index in [1.54, 1.807) is 25.1 Å². The molecule has 4 aromatic rings. The Morgan fingerprint density at radius 2 is 1.68 bits per heavy atom. The van der Waals surface area contributed by atoms with E-state index in [1.165, 1.54) is 0 Å². The van der Waals surface area contributed by atoms with Crippen molar-refractivity contribution < 1.29 is 14.3 Å². The third-order valence-electron chi connectivity index (χ3n) is 5.75. The lowest BCUT2D eigenvalue weighted by atomic mass is 9.99. The number of hydrogen-bond donors (Lipinski definition) is 2. The molecule has 0 bridgehead atoms. The number of benzene rings is 3. The fourth-order valence-corrected chi connectivity index (χ4v) is 4.13. The summed E-state index contributed by atoms with van der Waals surface area (Å²) in [7, 11) is 3.23. The Labute approximate surface area is 197 Å². The van der Waals surface area contributed by atoms with Crippen LogP contribution < -0.4 is 20.1 Å². The summed E-state index contributed by atoms with van der Waals surface area (Å²) in [4.78, 5) is 13.2. The van der Waals surface area contributed by atoms with Gasteiger partial charge in [0.05, 0.1) is 20.4 Å². The average molecular weight is 453 g/mol. The highest BCUT2D eigenvalue weighted by molar-refractivity contribution is 6.08. The summed E-state index contributed by atoms with van der Waals surface area (Å²) in [6, 6.07) is 24.8. The predicted octanol–water partition coefficient (Wildman–Crippen LogP) is 5.21. The van der Waals surface area contributed by atoms with Gasteiger partial charge in [0.25, 0.3) is 5.91 Å². The monoisotopic (exact) mass is 452 g/mol. The van der Waals surface area contributed by atoms with Gasteiger partial charge in [-0.05, 0) is 29.8 Å². The number of hydrogen-bond acceptors (Lipinski definition) is 5. The summed E-state index contributed by atoms with van der Waals surface area (Å²) in [5.41, 5.74) is 3.90. The number of nitrogens with zero attached hydrogens (tertiary/aromatic N) is 2. The van der Waals surface area contributed by atoms with Gasteiger partial charge in [-0.2, -0.15) is 5.10 Å². The first kappa shape index (κ1) is 21.3. The van der Waals surface area contributed by atoms with E-state index in [0.29, 0.717) is 28.6 Å². The van der Waals surface area contributed by atoms with Gasteiger partial charge in [0.15, 0.2) is 11.5 Å². The summed E-state index contributed by atoms with van der Waals surface area (Å²) in [5, 5.41) is 11.0. The summed E-state index contributed by atoms with van der Waals surface area (Å²) in [6.45, 7) is 0. The lowest BCUT2D eigenvalue weighted by Gasteiger charge is -2.27. The van der Waals surface area contributed by atoms with Crippen LogP contribution in [0, 0.1) is 0 Å². The van der Waals surface area contributed by atoms with Gasteiger partial charge in [0, 0.05) is 16.9 Å². The van der Waals surface area contributed by atoms with E-state index in [1.807, 2.05) is 78.9 Å². The van der Waals surface area contributed by atoms with E-state index in [9.17, 15) is 4.79 Å². The molecule has 2 N–H and O–H groups in total. The smallest absolute Gasteiger partial charge is 0.261 e. The Kier molecular flexibility index (Phi) is 5.74. The van der Waals surface area contributed by atoms with Gasteiger partial charge in [-0.15, -0.1) is 0 Å². The van der Waals surface area contributed by atoms with Crippen molar-refractivity contribution in [3.8, 4) is 11.5 Å². The van der Waals surface area contributed by atoms with Crippen molar-refractivity contribution in [1.29, 1.82) is 0 Å². The number of aromatic nitrogens is 2. The molecule has 0 fully saturated rings. The Morgan fingerprint density at radius 3 is 2.38 bits per heavy atom. The molecule has 170 valence electrons. The minimum Gasteiger partial charge on any atom is -0.493 e. The van der Waals surface area contributed by atoms with E-state index >= 15 is 0 Å². The molecule has 3 aromatic carbocycles. The first-order valence-electron chi connectivity index (χ1n) is 10.9. The van der Waals surface area contributed by atoms with E-state index < -0.39 is 0 Å². The zero-order valence-corrected chi connectivity index (χ0v) is 18.9. The van der Waals surface area contributed by atoms with Gasteiger partial charge >= 0.3 is 0 Å². The molecule has 0 saturated heterocycles. The Bertz CT molecular complexity index is 1350. The van der Waals surface area contributed by atoms with E-state index in [2.05, 4.69) is 21.8 Å². The normalized spacial score (nSPS) is 14.4. The second-order valence-electron chi connectivity index (χ2n) is 7.77. The molecule has 1 aromatic heterocycles. The molecule has 0 unspecified atom stereocenters.